The first-order chi connectivity index (χ1) is 30.2. The van der Waals surface area contributed by atoms with Gasteiger partial charge in [-0.3, -0.25) is 4.79 Å². The lowest BCUT2D eigenvalue weighted by Gasteiger charge is -2.26. The van der Waals surface area contributed by atoms with Gasteiger partial charge in [0.15, 0.2) is 12.4 Å². The predicted octanol–water partition coefficient (Wildman–Crippen LogP) is 11.1. The summed E-state index contributed by atoms with van der Waals surface area (Å²) in [5.74, 6) is -1.14. The highest BCUT2D eigenvalue weighted by Gasteiger charge is 2.16. The van der Waals surface area contributed by atoms with E-state index >= 15 is 0 Å². The Kier molecular flexibility index (Phi) is 14.8. The maximum atomic E-state index is 11.7. The van der Waals surface area contributed by atoms with Gasteiger partial charge in [0.1, 0.15) is 25.6 Å². The Morgan fingerprint density at radius 3 is 0.935 bits per heavy atom. The molecule has 310 valence electrons. The quantitative estimate of drug-likeness (QED) is 0.0419. The summed E-state index contributed by atoms with van der Waals surface area (Å²) in [6.45, 7) is 14.1. The van der Waals surface area contributed by atoms with Crippen LogP contribution >= 0.6 is 0 Å². The number of ketones is 1. The number of hydrogen-bond donors (Lipinski definition) is 0. The number of carbonyl (C=O) groups excluding carboxylic acids is 4. The smallest absolute Gasteiger partial charge is 0.330 e. The van der Waals surface area contributed by atoms with Crippen LogP contribution in [0, 0.1) is 0 Å². The molecule has 0 spiro atoms. The minimum Gasteiger partial charge on any atom is -0.485 e. The fourth-order valence-corrected chi connectivity index (χ4v) is 6.27. The average molecular weight is 825 g/mol. The van der Waals surface area contributed by atoms with Gasteiger partial charge in [-0.2, -0.15) is 0 Å². The maximum Gasteiger partial charge on any atom is 0.330 e. The molecule has 0 N–H and O–H groups in total. The van der Waals surface area contributed by atoms with Gasteiger partial charge in [0.05, 0.1) is 0 Å². The third-order valence-corrected chi connectivity index (χ3v) is 9.51. The Morgan fingerprint density at radius 1 is 0.387 bits per heavy atom. The van der Waals surface area contributed by atoms with E-state index in [0.29, 0.717) is 5.75 Å². The van der Waals surface area contributed by atoms with Crippen molar-refractivity contribution < 1.29 is 38.1 Å². The molecule has 0 aromatic heterocycles. The predicted molar refractivity (Wildman–Crippen MR) is 242 cm³/mol. The molecule has 0 atom stereocenters. The maximum absolute atomic E-state index is 11.7. The molecule has 0 saturated heterocycles. The van der Waals surface area contributed by atoms with Gasteiger partial charge in [0.25, 0.3) is 0 Å². The summed E-state index contributed by atoms with van der Waals surface area (Å²) in [4.78, 5) is 50.9. The van der Waals surface area contributed by atoms with Gasteiger partial charge in [-0.05, 0) is 119 Å². The van der Waals surface area contributed by atoms with Crippen molar-refractivity contribution in [2.24, 2.45) is 0 Å². The standard InChI is InChI=1S/C52H44N2O8/c1-5-48(55)36-59-49-31-29-47(30-32-49)54(44-23-13-39(14-24-44)35-62-52(58)8-4)46-27-17-41(18-28-46)40-15-25-45(26-16-40)53(42-19-9-37(10-20-42)33-60-50(56)6-2)43-21-11-38(12-22-43)34-61-51(57)7-3/h5-32H,1-4,33-36H2. The number of carbonyl (C=O) groups is 4. The number of nitrogens with zero attached hydrogens (tertiary/aromatic N) is 2. The van der Waals surface area contributed by atoms with Crippen LogP contribution in [0.1, 0.15) is 16.7 Å². The zero-order valence-electron chi connectivity index (χ0n) is 34.0. The van der Waals surface area contributed by atoms with E-state index in [1.54, 1.807) is 0 Å². The lowest BCUT2D eigenvalue weighted by Crippen LogP contribution is -2.11. The highest BCUT2D eigenvalue weighted by Crippen LogP contribution is 2.39. The third-order valence-electron chi connectivity index (χ3n) is 9.51. The number of ether oxygens (including phenoxy) is 4. The van der Waals surface area contributed by atoms with E-state index in [2.05, 4.69) is 72.5 Å². The molecule has 0 fully saturated rings. The highest BCUT2D eigenvalue weighted by atomic mass is 16.5. The van der Waals surface area contributed by atoms with Crippen LogP contribution < -0.4 is 14.5 Å². The summed E-state index contributed by atoms with van der Waals surface area (Å²) < 4.78 is 21.3. The zero-order chi connectivity index (χ0) is 43.8. The molecule has 0 aliphatic carbocycles. The van der Waals surface area contributed by atoms with Crippen LogP contribution in [0.15, 0.2) is 196 Å². The molecule has 62 heavy (non-hydrogen) atoms. The van der Waals surface area contributed by atoms with E-state index in [-0.39, 0.29) is 32.2 Å². The van der Waals surface area contributed by atoms with Crippen molar-refractivity contribution in [3.63, 3.8) is 0 Å². The van der Waals surface area contributed by atoms with Crippen LogP contribution in [-0.2, 0) is 53.2 Å². The molecule has 0 radical (unpaired) electrons. The summed E-state index contributed by atoms with van der Waals surface area (Å²) in [6.07, 6.45) is 4.63. The van der Waals surface area contributed by atoms with E-state index in [1.807, 2.05) is 109 Å². The van der Waals surface area contributed by atoms with E-state index in [9.17, 15) is 19.2 Å². The number of hydrogen-bond acceptors (Lipinski definition) is 10. The normalized spacial score (nSPS) is 10.4. The van der Waals surface area contributed by atoms with E-state index in [0.717, 1.165) is 80.2 Å². The van der Waals surface area contributed by atoms with Crippen molar-refractivity contribution in [1.82, 2.24) is 0 Å². The van der Waals surface area contributed by atoms with Crippen molar-refractivity contribution in [3.05, 3.63) is 213 Å². The zero-order valence-corrected chi connectivity index (χ0v) is 34.0. The molecular weight excluding hydrogens is 781 g/mol. The van der Waals surface area contributed by atoms with Crippen molar-refractivity contribution in [2.75, 3.05) is 16.4 Å². The van der Waals surface area contributed by atoms with Crippen molar-refractivity contribution in [2.45, 2.75) is 19.8 Å². The van der Waals surface area contributed by atoms with Crippen molar-refractivity contribution >= 4 is 57.8 Å². The fraction of sp³-hybridized carbons (Fsp3) is 0.0769. The minimum atomic E-state index is -0.492. The molecule has 0 bridgehead atoms. The van der Waals surface area contributed by atoms with Crippen LogP contribution in [0.3, 0.4) is 0 Å². The van der Waals surface area contributed by atoms with Crippen molar-refractivity contribution in [3.8, 4) is 16.9 Å². The summed E-state index contributed by atoms with van der Waals surface area (Å²) in [6, 6.07) is 47.1. The van der Waals surface area contributed by atoms with Crippen LogP contribution in [0.4, 0.5) is 34.1 Å². The molecule has 0 aliphatic rings. The summed E-state index contributed by atoms with van der Waals surface area (Å²) in [7, 11) is 0. The van der Waals surface area contributed by atoms with Gasteiger partial charge >= 0.3 is 17.9 Å². The molecular formula is C52H44N2O8. The molecule has 6 rings (SSSR count). The first-order valence-electron chi connectivity index (χ1n) is 19.5. The van der Waals surface area contributed by atoms with Crippen LogP contribution in [-0.4, -0.2) is 30.3 Å². The van der Waals surface area contributed by atoms with Gasteiger partial charge in [0.2, 0.25) is 0 Å². The topological polar surface area (TPSA) is 112 Å². The van der Waals surface area contributed by atoms with Crippen LogP contribution in [0.5, 0.6) is 5.75 Å². The van der Waals surface area contributed by atoms with Gasteiger partial charge in [-0.1, -0.05) is 87.0 Å². The Labute approximate surface area is 360 Å². The summed E-state index contributed by atoms with van der Waals surface area (Å²) in [5, 5.41) is 0. The third kappa shape index (κ3) is 11.5. The Bertz CT molecular complexity index is 2210. The Morgan fingerprint density at radius 2 is 0.661 bits per heavy atom. The lowest BCUT2D eigenvalue weighted by molar-refractivity contribution is -0.139. The Hall–Kier alpha value is -8.24. The molecule has 0 aliphatic heterocycles. The monoisotopic (exact) mass is 824 g/mol. The van der Waals surface area contributed by atoms with E-state index < -0.39 is 17.9 Å². The molecule has 0 unspecified atom stereocenters. The molecule has 10 nitrogen and oxygen atoms in total. The molecule has 6 aromatic carbocycles. The number of benzene rings is 6. The van der Waals surface area contributed by atoms with E-state index in [4.69, 9.17) is 18.9 Å². The highest BCUT2D eigenvalue weighted by molar-refractivity contribution is 5.90. The number of rotatable bonds is 20. The molecule has 0 heterocycles. The SMILES string of the molecule is C=CC(=O)COc1ccc(N(c2ccc(COC(=O)C=C)cc2)c2ccc(-c3ccc(N(c4ccc(COC(=O)C=C)cc4)c4ccc(COC(=O)C=C)cc4)cc3)cc2)cc1. The summed E-state index contributed by atoms with van der Waals surface area (Å²) >= 11 is 0. The lowest BCUT2D eigenvalue weighted by atomic mass is 10.0. The summed E-state index contributed by atoms with van der Waals surface area (Å²) in [5.41, 5.74) is 9.74. The number of anilines is 6. The molecule has 10 heteroatoms. The van der Waals surface area contributed by atoms with Gasteiger partial charge in [0, 0.05) is 52.4 Å². The number of esters is 3. The average Bonchev–Trinajstić information content (AvgIpc) is 3.33. The van der Waals surface area contributed by atoms with Crippen LogP contribution in [0.2, 0.25) is 0 Å². The molecule has 0 saturated carbocycles. The van der Waals surface area contributed by atoms with Gasteiger partial charge in [-0.15, -0.1) is 0 Å². The first kappa shape index (κ1) is 43.3. The fourth-order valence-electron chi connectivity index (χ4n) is 6.27. The largest absolute Gasteiger partial charge is 0.485 e. The van der Waals surface area contributed by atoms with Gasteiger partial charge in [-0.25, -0.2) is 14.4 Å². The first-order valence-corrected chi connectivity index (χ1v) is 19.5. The second-order valence-electron chi connectivity index (χ2n) is 13.7. The minimum absolute atomic E-state index is 0.0989. The Balaban J connectivity index is 1.27. The second-order valence-corrected chi connectivity index (χ2v) is 13.7. The van der Waals surface area contributed by atoms with Gasteiger partial charge < -0.3 is 28.7 Å². The van der Waals surface area contributed by atoms with Crippen LogP contribution in [0.25, 0.3) is 11.1 Å². The van der Waals surface area contributed by atoms with E-state index in [1.165, 1.54) is 6.08 Å². The second kappa shape index (κ2) is 21.1. The molecule has 0 amide bonds. The molecule has 6 aromatic rings. The van der Waals surface area contributed by atoms with Crippen molar-refractivity contribution in [1.29, 1.82) is 0 Å².